The van der Waals surface area contributed by atoms with E-state index in [0.29, 0.717) is 0 Å². The van der Waals surface area contributed by atoms with E-state index >= 15 is 0 Å². The van der Waals surface area contributed by atoms with Crippen LogP contribution in [0, 0.1) is 5.41 Å². The summed E-state index contributed by atoms with van der Waals surface area (Å²) in [6.45, 7) is 11.2. The van der Waals surface area contributed by atoms with E-state index in [1.807, 2.05) is 4.90 Å². The molecule has 1 aliphatic heterocycles. The van der Waals surface area contributed by atoms with E-state index in [9.17, 15) is 4.79 Å². The summed E-state index contributed by atoms with van der Waals surface area (Å²) in [5.74, 6) is 0.172. The molecule has 2 unspecified atom stereocenters. The second kappa shape index (κ2) is 4.36. The normalized spacial score (nSPS) is 31.6. The average Bonchev–Trinajstić information content (AvgIpc) is 2.15. The number of ether oxygens (including phenoxy) is 1. The van der Waals surface area contributed by atoms with E-state index in [1.54, 1.807) is 14.0 Å². The Balaban J connectivity index is 2.86. The number of likely N-dealkylation sites (tertiary alicyclic amines) is 1. The molecule has 1 rings (SSSR count). The highest BCUT2D eigenvalue weighted by molar-refractivity contribution is 5.73. The molecule has 1 saturated heterocycles. The van der Waals surface area contributed by atoms with Crippen LogP contribution in [0.5, 0.6) is 0 Å². The SMILES string of the molecule is COC1(C(C)(C)C)CCN(C(C)=O)C(C)C1. The molecule has 3 nitrogen and oxygen atoms in total. The lowest BCUT2D eigenvalue weighted by Crippen LogP contribution is -2.57. The molecule has 2 atom stereocenters. The molecule has 0 bridgehead atoms. The molecular formula is C13H25NO2. The van der Waals surface area contributed by atoms with Crippen molar-refractivity contribution in [3.05, 3.63) is 0 Å². The third-order valence-corrected chi connectivity index (χ3v) is 4.08. The lowest BCUT2D eigenvalue weighted by molar-refractivity contribution is -0.155. The van der Waals surface area contributed by atoms with Gasteiger partial charge in [0.15, 0.2) is 0 Å². The molecule has 0 aromatic carbocycles. The van der Waals surface area contributed by atoms with Crippen molar-refractivity contribution in [1.29, 1.82) is 0 Å². The number of methoxy groups -OCH3 is 1. The molecule has 0 aliphatic carbocycles. The minimum atomic E-state index is -0.0988. The van der Waals surface area contributed by atoms with Gasteiger partial charge in [0.2, 0.25) is 5.91 Å². The van der Waals surface area contributed by atoms with Gasteiger partial charge in [0.05, 0.1) is 5.60 Å². The van der Waals surface area contributed by atoms with E-state index in [-0.39, 0.29) is 23.0 Å². The van der Waals surface area contributed by atoms with E-state index < -0.39 is 0 Å². The second-order valence-electron chi connectivity index (χ2n) is 5.96. The van der Waals surface area contributed by atoms with Crippen LogP contribution in [0.2, 0.25) is 0 Å². The molecule has 0 N–H and O–H groups in total. The summed E-state index contributed by atoms with van der Waals surface area (Å²) in [6.07, 6.45) is 1.85. The Hall–Kier alpha value is -0.570. The number of amides is 1. The van der Waals surface area contributed by atoms with Gasteiger partial charge in [-0.3, -0.25) is 4.79 Å². The predicted octanol–water partition coefficient (Wildman–Crippen LogP) is 2.45. The molecule has 0 saturated carbocycles. The lowest BCUT2D eigenvalue weighted by Gasteiger charge is -2.51. The van der Waals surface area contributed by atoms with Crippen LogP contribution in [-0.4, -0.2) is 36.1 Å². The zero-order valence-corrected chi connectivity index (χ0v) is 11.5. The number of hydrogen-bond acceptors (Lipinski definition) is 2. The molecule has 0 spiro atoms. The predicted molar refractivity (Wildman–Crippen MR) is 65.3 cm³/mol. The van der Waals surface area contributed by atoms with E-state index in [4.69, 9.17) is 4.74 Å². The summed E-state index contributed by atoms with van der Waals surface area (Å²) in [6, 6.07) is 0.269. The summed E-state index contributed by atoms with van der Waals surface area (Å²) < 4.78 is 5.80. The molecule has 0 aromatic rings. The average molecular weight is 227 g/mol. The number of hydrogen-bond donors (Lipinski definition) is 0. The molecule has 94 valence electrons. The quantitative estimate of drug-likeness (QED) is 0.688. The standard InChI is InChI=1S/C13H25NO2/c1-10-9-13(16-6,12(3,4)5)7-8-14(10)11(2)15/h10H,7-9H2,1-6H3. The van der Waals surface area contributed by atoms with Crippen LogP contribution in [0.25, 0.3) is 0 Å². The fraction of sp³-hybridized carbons (Fsp3) is 0.923. The first-order valence-electron chi connectivity index (χ1n) is 6.06. The minimum absolute atomic E-state index is 0.0988. The van der Waals surface area contributed by atoms with Crippen molar-refractivity contribution in [2.45, 2.75) is 59.1 Å². The van der Waals surface area contributed by atoms with Crippen LogP contribution in [-0.2, 0) is 9.53 Å². The zero-order valence-electron chi connectivity index (χ0n) is 11.5. The Morgan fingerprint density at radius 3 is 2.31 bits per heavy atom. The number of carbonyl (C=O) groups is 1. The fourth-order valence-corrected chi connectivity index (χ4v) is 2.85. The summed E-state index contributed by atoms with van der Waals surface area (Å²) >= 11 is 0. The van der Waals surface area contributed by atoms with Gasteiger partial charge in [-0.15, -0.1) is 0 Å². The highest BCUT2D eigenvalue weighted by Gasteiger charge is 2.47. The maximum absolute atomic E-state index is 11.4. The first-order valence-corrected chi connectivity index (χ1v) is 6.06. The number of piperidine rings is 1. The molecule has 0 aromatic heterocycles. The van der Waals surface area contributed by atoms with Crippen LogP contribution < -0.4 is 0 Å². The van der Waals surface area contributed by atoms with Crippen LogP contribution in [0.4, 0.5) is 0 Å². The summed E-state index contributed by atoms with van der Waals surface area (Å²) in [4.78, 5) is 13.4. The van der Waals surface area contributed by atoms with Gasteiger partial charge in [0.25, 0.3) is 0 Å². The highest BCUT2D eigenvalue weighted by atomic mass is 16.5. The Bertz CT molecular complexity index is 270. The van der Waals surface area contributed by atoms with E-state index in [1.165, 1.54) is 0 Å². The Morgan fingerprint density at radius 2 is 2.00 bits per heavy atom. The zero-order chi connectivity index (χ0) is 12.6. The molecule has 1 fully saturated rings. The maximum atomic E-state index is 11.4. The summed E-state index contributed by atoms with van der Waals surface area (Å²) in [5, 5.41) is 0. The van der Waals surface area contributed by atoms with Crippen LogP contribution in [0.15, 0.2) is 0 Å². The van der Waals surface area contributed by atoms with Crippen molar-refractivity contribution in [3.63, 3.8) is 0 Å². The van der Waals surface area contributed by atoms with Gasteiger partial charge in [-0.1, -0.05) is 20.8 Å². The molecule has 3 heteroatoms. The van der Waals surface area contributed by atoms with Crippen molar-refractivity contribution in [1.82, 2.24) is 4.90 Å². The van der Waals surface area contributed by atoms with E-state index in [0.717, 1.165) is 19.4 Å². The fourth-order valence-electron chi connectivity index (χ4n) is 2.85. The molecule has 1 amide bonds. The maximum Gasteiger partial charge on any atom is 0.219 e. The summed E-state index contributed by atoms with van der Waals surface area (Å²) in [5.41, 5.74) is 0.0112. The molecule has 0 radical (unpaired) electrons. The Labute approximate surface area is 99.1 Å². The smallest absolute Gasteiger partial charge is 0.219 e. The monoisotopic (exact) mass is 227 g/mol. The highest BCUT2D eigenvalue weighted by Crippen LogP contribution is 2.43. The van der Waals surface area contributed by atoms with Crippen LogP contribution in [0.1, 0.15) is 47.5 Å². The van der Waals surface area contributed by atoms with Crippen molar-refractivity contribution < 1.29 is 9.53 Å². The first-order chi connectivity index (χ1) is 7.23. The topological polar surface area (TPSA) is 29.5 Å². The summed E-state index contributed by atoms with van der Waals surface area (Å²) in [7, 11) is 1.79. The first kappa shape index (κ1) is 13.5. The van der Waals surface area contributed by atoms with Crippen molar-refractivity contribution >= 4 is 5.91 Å². The number of nitrogens with zero attached hydrogens (tertiary/aromatic N) is 1. The second-order valence-corrected chi connectivity index (χ2v) is 5.96. The van der Waals surface area contributed by atoms with Gasteiger partial charge >= 0.3 is 0 Å². The molecular weight excluding hydrogens is 202 g/mol. The van der Waals surface area contributed by atoms with Gasteiger partial charge in [0, 0.05) is 26.6 Å². The molecule has 1 heterocycles. The largest absolute Gasteiger partial charge is 0.378 e. The Morgan fingerprint density at radius 1 is 1.44 bits per heavy atom. The third kappa shape index (κ3) is 2.24. The van der Waals surface area contributed by atoms with Crippen LogP contribution >= 0.6 is 0 Å². The van der Waals surface area contributed by atoms with Gasteiger partial charge in [0.1, 0.15) is 0 Å². The number of carbonyl (C=O) groups excluding carboxylic acids is 1. The Kier molecular flexibility index (Phi) is 3.68. The van der Waals surface area contributed by atoms with Gasteiger partial charge < -0.3 is 9.64 Å². The van der Waals surface area contributed by atoms with Crippen molar-refractivity contribution in [2.24, 2.45) is 5.41 Å². The number of rotatable bonds is 1. The lowest BCUT2D eigenvalue weighted by atomic mass is 9.69. The minimum Gasteiger partial charge on any atom is -0.378 e. The van der Waals surface area contributed by atoms with E-state index in [2.05, 4.69) is 27.7 Å². The third-order valence-electron chi connectivity index (χ3n) is 4.08. The van der Waals surface area contributed by atoms with Gasteiger partial charge in [-0.2, -0.15) is 0 Å². The molecule has 16 heavy (non-hydrogen) atoms. The van der Waals surface area contributed by atoms with Crippen molar-refractivity contribution in [2.75, 3.05) is 13.7 Å². The molecule has 1 aliphatic rings. The van der Waals surface area contributed by atoms with Gasteiger partial charge in [-0.05, 0) is 25.2 Å². The van der Waals surface area contributed by atoms with Crippen molar-refractivity contribution in [3.8, 4) is 0 Å². The van der Waals surface area contributed by atoms with Crippen LogP contribution in [0.3, 0.4) is 0 Å². The van der Waals surface area contributed by atoms with Gasteiger partial charge in [-0.25, -0.2) is 0 Å².